The molecule has 0 bridgehead atoms. The highest BCUT2D eigenvalue weighted by Gasteiger charge is 2.06. The molecule has 0 aliphatic rings. The zero-order valence-electron chi connectivity index (χ0n) is 13.9. The maximum Gasteiger partial charge on any atom is 0.159 e. The minimum atomic E-state index is -0.851. The number of benzene rings is 2. The van der Waals surface area contributed by atoms with E-state index in [1.807, 2.05) is 24.3 Å². The summed E-state index contributed by atoms with van der Waals surface area (Å²) < 4.78 is 31.6. The van der Waals surface area contributed by atoms with Crippen LogP contribution in [0, 0.1) is 11.6 Å². The molecule has 0 amide bonds. The summed E-state index contributed by atoms with van der Waals surface area (Å²) in [5.41, 5.74) is 1.87. The highest BCUT2D eigenvalue weighted by molar-refractivity contribution is 5.28. The van der Waals surface area contributed by atoms with Gasteiger partial charge >= 0.3 is 0 Å². The summed E-state index contributed by atoms with van der Waals surface area (Å²) >= 11 is 0. The van der Waals surface area contributed by atoms with Crippen molar-refractivity contribution in [2.24, 2.45) is 0 Å². The third-order valence-electron chi connectivity index (χ3n) is 4.05. The molecule has 0 saturated carbocycles. The first-order valence-electron chi connectivity index (χ1n) is 7.78. The van der Waals surface area contributed by atoms with Gasteiger partial charge in [0.2, 0.25) is 0 Å². The van der Waals surface area contributed by atoms with E-state index >= 15 is 0 Å². The van der Waals surface area contributed by atoms with Gasteiger partial charge in [-0.1, -0.05) is 18.2 Å². The molecule has 0 N–H and O–H groups in total. The SMILES string of the molecule is CC(CCc1ccc(OCc2ccc(F)c(F)c2)cc1)N(C)C. The average molecular weight is 319 g/mol. The van der Waals surface area contributed by atoms with Gasteiger partial charge in [0.25, 0.3) is 0 Å². The molecule has 0 aliphatic carbocycles. The predicted molar refractivity (Wildman–Crippen MR) is 88.6 cm³/mol. The van der Waals surface area contributed by atoms with Gasteiger partial charge in [-0.3, -0.25) is 0 Å². The molecule has 0 heterocycles. The van der Waals surface area contributed by atoms with Crippen molar-refractivity contribution in [3.05, 3.63) is 65.2 Å². The first-order valence-corrected chi connectivity index (χ1v) is 7.78. The Balaban J connectivity index is 1.86. The first-order chi connectivity index (χ1) is 11.0. The lowest BCUT2D eigenvalue weighted by molar-refractivity contribution is 0.298. The zero-order chi connectivity index (χ0) is 16.8. The van der Waals surface area contributed by atoms with Crippen LogP contribution in [0.15, 0.2) is 42.5 Å². The summed E-state index contributed by atoms with van der Waals surface area (Å²) in [5, 5.41) is 0. The number of aryl methyl sites for hydroxylation is 1. The first kappa shape index (κ1) is 17.4. The molecule has 2 rings (SSSR count). The van der Waals surface area contributed by atoms with Crippen molar-refractivity contribution in [1.29, 1.82) is 0 Å². The van der Waals surface area contributed by atoms with Crippen molar-refractivity contribution >= 4 is 0 Å². The van der Waals surface area contributed by atoms with Crippen LogP contribution in [0.2, 0.25) is 0 Å². The molecule has 2 aromatic carbocycles. The summed E-state index contributed by atoms with van der Waals surface area (Å²) in [5.74, 6) is -0.972. The molecule has 23 heavy (non-hydrogen) atoms. The molecule has 1 unspecified atom stereocenters. The molecule has 124 valence electrons. The van der Waals surface area contributed by atoms with Crippen LogP contribution in [-0.4, -0.2) is 25.0 Å². The zero-order valence-corrected chi connectivity index (χ0v) is 13.9. The van der Waals surface area contributed by atoms with E-state index in [9.17, 15) is 8.78 Å². The Bertz CT molecular complexity index is 626. The molecule has 1 atom stereocenters. The number of rotatable bonds is 7. The van der Waals surface area contributed by atoms with E-state index in [2.05, 4.69) is 25.9 Å². The van der Waals surface area contributed by atoms with Crippen molar-refractivity contribution < 1.29 is 13.5 Å². The van der Waals surface area contributed by atoms with Crippen molar-refractivity contribution in [3.63, 3.8) is 0 Å². The number of hydrogen-bond acceptors (Lipinski definition) is 2. The third kappa shape index (κ3) is 5.32. The standard InChI is InChI=1S/C19H23F2NO/c1-14(22(2)3)4-5-15-6-9-17(10-7-15)23-13-16-8-11-18(20)19(21)12-16/h6-12,14H,4-5,13H2,1-3H3. The van der Waals surface area contributed by atoms with E-state index in [0.717, 1.165) is 30.7 Å². The van der Waals surface area contributed by atoms with Gasteiger partial charge in [0.15, 0.2) is 11.6 Å². The summed E-state index contributed by atoms with van der Waals surface area (Å²) in [6.07, 6.45) is 2.12. The van der Waals surface area contributed by atoms with Crippen molar-refractivity contribution in [1.82, 2.24) is 4.90 Å². The normalized spacial score (nSPS) is 12.4. The molecular formula is C19H23F2NO. The third-order valence-corrected chi connectivity index (χ3v) is 4.05. The monoisotopic (exact) mass is 319 g/mol. The Kier molecular flexibility index (Phi) is 6.11. The number of halogens is 2. The van der Waals surface area contributed by atoms with Crippen molar-refractivity contribution in [2.75, 3.05) is 14.1 Å². The Labute approximate surface area is 136 Å². The van der Waals surface area contributed by atoms with E-state index in [0.29, 0.717) is 11.6 Å². The Morgan fingerprint density at radius 3 is 2.22 bits per heavy atom. The molecular weight excluding hydrogens is 296 g/mol. The summed E-state index contributed by atoms with van der Waals surface area (Å²) in [6.45, 7) is 2.42. The second kappa shape index (κ2) is 8.06. The lowest BCUT2D eigenvalue weighted by Gasteiger charge is -2.19. The van der Waals surface area contributed by atoms with Crippen LogP contribution in [0.5, 0.6) is 5.75 Å². The molecule has 2 nitrogen and oxygen atoms in total. The smallest absolute Gasteiger partial charge is 0.159 e. The molecule has 0 aliphatic heterocycles. The van der Waals surface area contributed by atoms with Crippen LogP contribution in [0.1, 0.15) is 24.5 Å². The van der Waals surface area contributed by atoms with E-state index in [1.165, 1.54) is 11.6 Å². The van der Waals surface area contributed by atoms with Crippen LogP contribution in [0.3, 0.4) is 0 Å². The fourth-order valence-corrected chi connectivity index (χ4v) is 2.18. The van der Waals surface area contributed by atoms with Gasteiger partial charge in [0.1, 0.15) is 12.4 Å². The van der Waals surface area contributed by atoms with Crippen LogP contribution in [0.4, 0.5) is 8.78 Å². The quantitative estimate of drug-likeness (QED) is 0.749. The van der Waals surface area contributed by atoms with Gasteiger partial charge in [-0.05, 0) is 69.3 Å². The van der Waals surface area contributed by atoms with Crippen LogP contribution in [-0.2, 0) is 13.0 Å². The number of ether oxygens (including phenoxy) is 1. The highest BCUT2D eigenvalue weighted by Crippen LogP contribution is 2.17. The van der Waals surface area contributed by atoms with Gasteiger partial charge in [0, 0.05) is 6.04 Å². The lowest BCUT2D eigenvalue weighted by atomic mass is 10.1. The second-order valence-electron chi connectivity index (χ2n) is 6.03. The summed E-state index contributed by atoms with van der Waals surface area (Å²) in [6, 6.07) is 12.3. The van der Waals surface area contributed by atoms with Gasteiger partial charge in [-0.2, -0.15) is 0 Å². The molecule has 4 heteroatoms. The molecule has 0 fully saturated rings. The number of hydrogen-bond donors (Lipinski definition) is 0. The maximum atomic E-state index is 13.1. The van der Waals surface area contributed by atoms with Crippen LogP contribution in [0.25, 0.3) is 0 Å². The summed E-state index contributed by atoms with van der Waals surface area (Å²) in [7, 11) is 4.17. The van der Waals surface area contributed by atoms with E-state index in [4.69, 9.17) is 4.74 Å². The molecule has 0 spiro atoms. The second-order valence-corrected chi connectivity index (χ2v) is 6.03. The van der Waals surface area contributed by atoms with Crippen LogP contribution < -0.4 is 4.74 Å². The average Bonchev–Trinajstić information content (AvgIpc) is 2.54. The van der Waals surface area contributed by atoms with Crippen molar-refractivity contribution in [2.45, 2.75) is 32.4 Å². The fourth-order valence-electron chi connectivity index (χ4n) is 2.18. The minimum absolute atomic E-state index is 0.216. The van der Waals surface area contributed by atoms with E-state index in [1.54, 1.807) is 0 Å². The predicted octanol–water partition coefficient (Wildman–Crippen LogP) is 4.43. The topological polar surface area (TPSA) is 12.5 Å². The van der Waals surface area contributed by atoms with Gasteiger partial charge in [-0.25, -0.2) is 8.78 Å². The molecule has 0 radical (unpaired) electrons. The Morgan fingerprint density at radius 1 is 0.957 bits per heavy atom. The van der Waals surface area contributed by atoms with Gasteiger partial charge in [-0.15, -0.1) is 0 Å². The highest BCUT2D eigenvalue weighted by atomic mass is 19.2. The van der Waals surface area contributed by atoms with Gasteiger partial charge in [0.05, 0.1) is 0 Å². The largest absolute Gasteiger partial charge is 0.489 e. The summed E-state index contributed by atoms with van der Waals surface area (Å²) in [4.78, 5) is 2.21. The van der Waals surface area contributed by atoms with E-state index in [-0.39, 0.29) is 6.61 Å². The number of nitrogens with zero attached hydrogens (tertiary/aromatic N) is 1. The Hall–Kier alpha value is -1.94. The fraction of sp³-hybridized carbons (Fsp3) is 0.368. The van der Waals surface area contributed by atoms with Crippen LogP contribution >= 0.6 is 0 Å². The molecule has 2 aromatic rings. The molecule has 0 aromatic heterocycles. The minimum Gasteiger partial charge on any atom is -0.489 e. The van der Waals surface area contributed by atoms with Gasteiger partial charge < -0.3 is 9.64 Å². The van der Waals surface area contributed by atoms with E-state index < -0.39 is 11.6 Å². The Morgan fingerprint density at radius 2 is 1.61 bits per heavy atom. The lowest BCUT2D eigenvalue weighted by Crippen LogP contribution is -2.24. The maximum absolute atomic E-state index is 13.1. The molecule has 0 saturated heterocycles. The van der Waals surface area contributed by atoms with Crippen molar-refractivity contribution in [3.8, 4) is 5.75 Å².